The van der Waals surface area contributed by atoms with Crippen molar-refractivity contribution < 1.29 is 19.1 Å². The van der Waals surface area contributed by atoms with Crippen LogP contribution in [0.25, 0.3) is 0 Å². The summed E-state index contributed by atoms with van der Waals surface area (Å²) < 4.78 is 11.6. The Hall–Kier alpha value is -3.91. The van der Waals surface area contributed by atoms with E-state index in [2.05, 4.69) is 6.07 Å². The van der Waals surface area contributed by atoms with E-state index in [1.807, 2.05) is 66.7 Å². The number of nitriles is 1. The molecule has 0 fully saturated rings. The summed E-state index contributed by atoms with van der Waals surface area (Å²) in [5, 5.41) is 10.0. The molecule has 0 N–H and O–H groups in total. The van der Waals surface area contributed by atoms with Gasteiger partial charge in [-0.25, -0.2) is 0 Å². The molecule has 0 aromatic heterocycles. The maximum Gasteiger partial charge on any atom is 0.323 e. The van der Waals surface area contributed by atoms with Gasteiger partial charge in [-0.1, -0.05) is 72.8 Å². The highest BCUT2D eigenvalue weighted by Gasteiger charge is 2.48. The number of carbonyl (C=O) groups is 2. The molecule has 4 rings (SSSR count). The molecule has 32 heavy (non-hydrogen) atoms. The molecule has 0 spiro atoms. The van der Waals surface area contributed by atoms with Crippen molar-refractivity contribution in [2.45, 2.75) is 18.9 Å². The predicted octanol–water partition coefficient (Wildman–Crippen LogP) is 5.11. The Morgan fingerprint density at radius 1 is 1.00 bits per heavy atom. The largest absolute Gasteiger partial charge is 0.484 e. The van der Waals surface area contributed by atoms with Gasteiger partial charge in [0.2, 0.25) is 0 Å². The summed E-state index contributed by atoms with van der Waals surface area (Å²) in [7, 11) is 0. The second kappa shape index (κ2) is 9.49. The number of carbonyl (C=O) groups excluding carboxylic acids is 2. The van der Waals surface area contributed by atoms with Crippen LogP contribution < -0.4 is 4.74 Å². The number of fused-ring (bicyclic) bond motifs is 1. The summed E-state index contributed by atoms with van der Waals surface area (Å²) in [6, 6.07) is 27.9. The molecule has 1 aliphatic rings. The third kappa shape index (κ3) is 4.00. The topological polar surface area (TPSA) is 76.4 Å². The van der Waals surface area contributed by atoms with Gasteiger partial charge in [0.15, 0.2) is 11.7 Å². The number of hydrogen-bond acceptors (Lipinski definition) is 5. The SMILES string of the molecule is CCOC(=O)C(C#N)C(c1ccccc1)C1C(=O)c2ccccc2OC1c1ccccc1. The molecule has 1 aliphatic heterocycles. The number of ketones is 1. The van der Waals surface area contributed by atoms with Gasteiger partial charge in [0.05, 0.1) is 24.2 Å². The number of hydrogen-bond donors (Lipinski definition) is 0. The summed E-state index contributed by atoms with van der Waals surface area (Å²) in [6.07, 6.45) is -0.658. The Balaban J connectivity index is 1.91. The molecule has 3 aromatic rings. The highest BCUT2D eigenvalue weighted by atomic mass is 16.5. The van der Waals surface area contributed by atoms with Crippen LogP contribution in [0.4, 0.5) is 0 Å². The zero-order chi connectivity index (χ0) is 22.5. The zero-order valence-electron chi connectivity index (χ0n) is 17.7. The molecule has 5 heteroatoms. The Morgan fingerprint density at radius 2 is 1.62 bits per heavy atom. The van der Waals surface area contributed by atoms with Crippen LogP contribution in [0.5, 0.6) is 5.75 Å². The van der Waals surface area contributed by atoms with Gasteiger partial charge in [0.25, 0.3) is 0 Å². The second-order valence-electron chi connectivity index (χ2n) is 7.63. The molecule has 4 atom stereocenters. The molecule has 0 aliphatic carbocycles. The van der Waals surface area contributed by atoms with Crippen LogP contribution in [0.15, 0.2) is 84.9 Å². The van der Waals surface area contributed by atoms with Gasteiger partial charge >= 0.3 is 5.97 Å². The van der Waals surface area contributed by atoms with Crippen LogP contribution in [0, 0.1) is 23.2 Å². The van der Waals surface area contributed by atoms with Crippen LogP contribution in [0.2, 0.25) is 0 Å². The Kier molecular flexibility index (Phi) is 6.32. The zero-order valence-corrected chi connectivity index (χ0v) is 17.7. The summed E-state index contributed by atoms with van der Waals surface area (Å²) in [5.41, 5.74) is 1.97. The van der Waals surface area contributed by atoms with Crippen LogP contribution >= 0.6 is 0 Å². The summed E-state index contributed by atoms with van der Waals surface area (Å²) >= 11 is 0. The van der Waals surface area contributed by atoms with Crippen molar-refractivity contribution >= 4 is 11.8 Å². The Bertz CT molecular complexity index is 1140. The first-order chi connectivity index (χ1) is 15.7. The predicted molar refractivity (Wildman–Crippen MR) is 119 cm³/mol. The van der Waals surface area contributed by atoms with Crippen molar-refractivity contribution in [1.82, 2.24) is 0 Å². The first-order valence-electron chi connectivity index (χ1n) is 10.6. The van der Waals surface area contributed by atoms with Crippen molar-refractivity contribution in [3.8, 4) is 11.8 Å². The van der Waals surface area contributed by atoms with Crippen molar-refractivity contribution in [1.29, 1.82) is 5.26 Å². The molecule has 0 radical (unpaired) electrons. The molecule has 1 heterocycles. The fourth-order valence-electron chi connectivity index (χ4n) is 4.36. The van der Waals surface area contributed by atoms with Crippen molar-refractivity contribution in [2.75, 3.05) is 6.61 Å². The first-order valence-corrected chi connectivity index (χ1v) is 10.6. The monoisotopic (exact) mass is 425 g/mol. The quantitative estimate of drug-likeness (QED) is 0.513. The van der Waals surface area contributed by atoms with E-state index >= 15 is 0 Å². The van der Waals surface area contributed by atoms with Gasteiger partial charge in [-0.15, -0.1) is 0 Å². The van der Waals surface area contributed by atoms with Crippen molar-refractivity contribution in [3.63, 3.8) is 0 Å². The van der Waals surface area contributed by atoms with E-state index in [9.17, 15) is 14.9 Å². The highest BCUT2D eigenvalue weighted by Crippen LogP contribution is 2.47. The second-order valence-corrected chi connectivity index (χ2v) is 7.63. The van der Waals surface area contributed by atoms with Crippen molar-refractivity contribution in [2.24, 2.45) is 11.8 Å². The van der Waals surface area contributed by atoms with Crippen LogP contribution in [0.3, 0.4) is 0 Å². The van der Waals surface area contributed by atoms with Gasteiger partial charge in [-0.3, -0.25) is 9.59 Å². The van der Waals surface area contributed by atoms with E-state index in [1.165, 1.54) is 0 Å². The average molecular weight is 425 g/mol. The van der Waals surface area contributed by atoms with Crippen molar-refractivity contribution in [3.05, 3.63) is 102 Å². The molecule has 3 aromatic carbocycles. The maximum absolute atomic E-state index is 13.9. The maximum atomic E-state index is 13.9. The Labute approximate surface area is 187 Å². The molecular weight excluding hydrogens is 402 g/mol. The minimum atomic E-state index is -1.16. The van der Waals surface area contributed by atoms with E-state index in [1.54, 1.807) is 25.1 Å². The summed E-state index contributed by atoms with van der Waals surface area (Å²) in [5.74, 6) is -2.98. The lowest BCUT2D eigenvalue weighted by Gasteiger charge is -2.38. The van der Waals surface area contributed by atoms with Gasteiger partial charge in [-0.05, 0) is 30.2 Å². The van der Waals surface area contributed by atoms with E-state index in [-0.39, 0.29) is 12.4 Å². The standard InChI is InChI=1S/C27H23NO4/c1-2-31-27(30)21(17-28)23(18-11-5-3-6-12-18)24-25(29)20-15-9-10-16-22(20)32-26(24)19-13-7-4-8-14-19/h3-16,21,23-24,26H,2H2,1H3. The number of Topliss-reactive ketones (excluding diaryl/α,β-unsaturated/α-hetero) is 1. The average Bonchev–Trinajstić information content (AvgIpc) is 2.84. The molecular formula is C27H23NO4. The molecule has 0 bridgehead atoms. The number of ether oxygens (including phenoxy) is 2. The summed E-state index contributed by atoms with van der Waals surface area (Å²) in [4.78, 5) is 26.7. The fraction of sp³-hybridized carbons (Fsp3) is 0.222. The number of rotatable bonds is 6. The lowest BCUT2D eigenvalue weighted by molar-refractivity contribution is -0.147. The number of para-hydroxylation sites is 1. The Morgan fingerprint density at radius 3 is 2.28 bits per heavy atom. The van der Waals surface area contributed by atoms with Gasteiger partial charge < -0.3 is 9.47 Å². The molecule has 160 valence electrons. The van der Waals surface area contributed by atoms with Crippen LogP contribution in [-0.4, -0.2) is 18.4 Å². The van der Waals surface area contributed by atoms with E-state index in [0.717, 1.165) is 11.1 Å². The third-order valence-corrected chi connectivity index (χ3v) is 5.77. The first kappa shape index (κ1) is 21.3. The lowest BCUT2D eigenvalue weighted by Crippen LogP contribution is -2.40. The molecule has 5 nitrogen and oxygen atoms in total. The lowest BCUT2D eigenvalue weighted by atomic mass is 9.69. The van der Waals surface area contributed by atoms with E-state index in [0.29, 0.717) is 11.3 Å². The van der Waals surface area contributed by atoms with E-state index < -0.39 is 29.8 Å². The molecule has 0 amide bonds. The number of nitrogens with zero attached hydrogens (tertiary/aromatic N) is 1. The molecule has 4 unspecified atom stereocenters. The third-order valence-electron chi connectivity index (χ3n) is 5.77. The minimum absolute atomic E-state index is 0.151. The fourth-order valence-corrected chi connectivity index (χ4v) is 4.36. The number of esters is 1. The molecule has 0 saturated carbocycles. The van der Waals surface area contributed by atoms with E-state index in [4.69, 9.17) is 9.47 Å². The van der Waals surface area contributed by atoms with Gasteiger partial charge in [-0.2, -0.15) is 5.26 Å². The van der Waals surface area contributed by atoms with Crippen LogP contribution in [0.1, 0.15) is 40.4 Å². The van der Waals surface area contributed by atoms with Crippen LogP contribution in [-0.2, 0) is 9.53 Å². The minimum Gasteiger partial charge on any atom is -0.484 e. The highest BCUT2D eigenvalue weighted by molar-refractivity contribution is 6.02. The number of benzene rings is 3. The van der Waals surface area contributed by atoms with Gasteiger partial charge in [0.1, 0.15) is 11.9 Å². The smallest absolute Gasteiger partial charge is 0.323 e. The molecule has 0 saturated heterocycles. The summed E-state index contributed by atoms with van der Waals surface area (Å²) in [6.45, 7) is 1.85. The van der Waals surface area contributed by atoms with Gasteiger partial charge in [0, 0.05) is 5.92 Å². The normalized spacial score (nSPS) is 19.1.